The second-order valence-corrected chi connectivity index (χ2v) is 5.04. The van der Waals surface area contributed by atoms with Gasteiger partial charge in [-0.3, -0.25) is 4.79 Å². The molecule has 0 radical (unpaired) electrons. The SMILES string of the molecule is O=Cc1c(-c2ccc(F)cc2)nn(-c2cc(F)ccc2F)c1Cl. The molecule has 0 N–H and O–H groups in total. The molecule has 0 bridgehead atoms. The number of carbonyl (C=O) groups is 1. The van der Waals surface area contributed by atoms with E-state index in [2.05, 4.69) is 5.10 Å². The molecule has 0 amide bonds. The molecule has 0 aliphatic carbocycles. The van der Waals surface area contributed by atoms with Crippen molar-refractivity contribution >= 4 is 17.9 Å². The van der Waals surface area contributed by atoms with Crippen molar-refractivity contribution in [2.24, 2.45) is 0 Å². The first-order valence-corrected chi connectivity index (χ1v) is 6.84. The maximum atomic E-state index is 13.9. The first kappa shape index (κ1) is 15.3. The van der Waals surface area contributed by atoms with Crippen molar-refractivity contribution in [2.75, 3.05) is 0 Å². The minimum atomic E-state index is -0.751. The smallest absolute Gasteiger partial charge is 0.155 e. The lowest BCUT2D eigenvalue weighted by Crippen LogP contribution is -2.01. The van der Waals surface area contributed by atoms with Crippen LogP contribution in [0.3, 0.4) is 0 Å². The van der Waals surface area contributed by atoms with Crippen LogP contribution >= 0.6 is 11.6 Å². The highest BCUT2D eigenvalue weighted by molar-refractivity contribution is 6.32. The molecule has 3 rings (SSSR count). The van der Waals surface area contributed by atoms with E-state index in [-0.39, 0.29) is 22.1 Å². The predicted octanol–water partition coefficient (Wildman–Crippen LogP) is 4.42. The molecule has 0 spiro atoms. The third kappa shape index (κ3) is 2.73. The van der Waals surface area contributed by atoms with Crippen molar-refractivity contribution in [2.45, 2.75) is 0 Å². The molecule has 0 saturated heterocycles. The average Bonchev–Trinajstić information content (AvgIpc) is 2.87. The third-order valence-electron chi connectivity index (χ3n) is 3.24. The summed E-state index contributed by atoms with van der Waals surface area (Å²) in [7, 11) is 0. The van der Waals surface area contributed by atoms with Crippen LogP contribution in [0.2, 0.25) is 5.15 Å². The van der Waals surface area contributed by atoms with Gasteiger partial charge in [0.05, 0.1) is 5.56 Å². The number of aldehydes is 1. The van der Waals surface area contributed by atoms with Crippen LogP contribution in [0.25, 0.3) is 16.9 Å². The van der Waals surface area contributed by atoms with Crippen molar-refractivity contribution in [1.82, 2.24) is 9.78 Å². The molecule has 1 heterocycles. The zero-order chi connectivity index (χ0) is 16.6. The van der Waals surface area contributed by atoms with Gasteiger partial charge in [-0.15, -0.1) is 0 Å². The van der Waals surface area contributed by atoms with Crippen LogP contribution in [0.1, 0.15) is 10.4 Å². The molecule has 0 unspecified atom stereocenters. The lowest BCUT2D eigenvalue weighted by atomic mass is 10.1. The van der Waals surface area contributed by atoms with Crippen LogP contribution in [-0.4, -0.2) is 16.1 Å². The van der Waals surface area contributed by atoms with Gasteiger partial charge < -0.3 is 0 Å². The number of rotatable bonds is 3. The van der Waals surface area contributed by atoms with E-state index < -0.39 is 17.5 Å². The van der Waals surface area contributed by atoms with Crippen molar-refractivity contribution < 1.29 is 18.0 Å². The summed E-state index contributed by atoms with van der Waals surface area (Å²) in [4.78, 5) is 11.3. The van der Waals surface area contributed by atoms with Crippen LogP contribution in [0.4, 0.5) is 13.2 Å². The second kappa shape index (κ2) is 5.89. The summed E-state index contributed by atoms with van der Waals surface area (Å²) in [6, 6.07) is 8.01. The van der Waals surface area contributed by atoms with Gasteiger partial charge in [0, 0.05) is 11.6 Å². The Labute approximate surface area is 133 Å². The fourth-order valence-electron chi connectivity index (χ4n) is 2.14. The number of nitrogens with zero attached hydrogens (tertiary/aromatic N) is 2. The minimum Gasteiger partial charge on any atom is -0.298 e. The zero-order valence-electron chi connectivity index (χ0n) is 11.4. The molecule has 1 aromatic heterocycles. The molecule has 23 heavy (non-hydrogen) atoms. The first-order chi connectivity index (χ1) is 11.0. The molecular formula is C16H8ClF3N2O. The van der Waals surface area contributed by atoms with Crippen molar-refractivity contribution in [3.8, 4) is 16.9 Å². The summed E-state index contributed by atoms with van der Waals surface area (Å²) in [5, 5.41) is 3.91. The summed E-state index contributed by atoms with van der Waals surface area (Å²) in [6.45, 7) is 0. The van der Waals surface area contributed by atoms with E-state index in [1.807, 2.05) is 0 Å². The van der Waals surface area contributed by atoms with E-state index in [0.717, 1.165) is 22.9 Å². The highest BCUT2D eigenvalue weighted by Gasteiger charge is 2.20. The van der Waals surface area contributed by atoms with Crippen LogP contribution in [0.15, 0.2) is 42.5 Å². The van der Waals surface area contributed by atoms with Crippen LogP contribution < -0.4 is 0 Å². The Balaban J connectivity index is 2.22. The van der Waals surface area contributed by atoms with E-state index >= 15 is 0 Å². The molecule has 0 saturated carbocycles. The second-order valence-electron chi connectivity index (χ2n) is 4.69. The summed E-state index contributed by atoms with van der Waals surface area (Å²) in [6.07, 6.45) is 0.460. The monoisotopic (exact) mass is 336 g/mol. The fraction of sp³-hybridized carbons (Fsp3) is 0. The highest BCUT2D eigenvalue weighted by Crippen LogP contribution is 2.30. The van der Waals surface area contributed by atoms with Gasteiger partial charge in [-0.2, -0.15) is 5.10 Å². The Morgan fingerprint density at radius 2 is 1.65 bits per heavy atom. The van der Waals surface area contributed by atoms with E-state index in [1.165, 1.54) is 24.3 Å². The molecule has 3 aromatic rings. The van der Waals surface area contributed by atoms with E-state index in [4.69, 9.17) is 11.6 Å². The topological polar surface area (TPSA) is 34.9 Å². The van der Waals surface area contributed by atoms with Gasteiger partial charge in [0.1, 0.15) is 34.0 Å². The van der Waals surface area contributed by atoms with Gasteiger partial charge in [0.15, 0.2) is 6.29 Å². The summed E-state index contributed by atoms with van der Waals surface area (Å²) in [5.41, 5.74) is 0.341. The Morgan fingerprint density at radius 1 is 1.00 bits per heavy atom. The standard InChI is InChI=1S/C16H8ClF3N2O/c17-16-12(8-23)15(9-1-3-10(18)4-2-9)21-22(16)14-7-11(19)5-6-13(14)20/h1-8H. The maximum Gasteiger partial charge on any atom is 0.155 e. The molecule has 3 nitrogen and oxygen atoms in total. The van der Waals surface area contributed by atoms with Crippen LogP contribution in [0.5, 0.6) is 0 Å². The van der Waals surface area contributed by atoms with Gasteiger partial charge in [0.2, 0.25) is 0 Å². The Kier molecular flexibility index (Phi) is 3.92. The minimum absolute atomic E-state index is 0.00179. The number of halogens is 4. The maximum absolute atomic E-state index is 13.9. The van der Waals surface area contributed by atoms with Crippen LogP contribution in [-0.2, 0) is 0 Å². The molecule has 116 valence electrons. The van der Waals surface area contributed by atoms with Gasteiger partial charge in [-0.25, -0.2) is 17.9 Å². The quantitative estimate of drug-likeness (QED) is 0.663. The predicted molar refractivity (Wildman–Crippen MR) is 79.3 cm³/mol. The van der Waals surface area contributed by atoms with Crippen molar-refractivity contribution in [1.29, 1.82) is 0 Å². The highest BCUT2D eigenvalue weighted by atomic mass is 35.5. The van der Waals surface area contributed by atoms with E-state index in [0.29, 0.717) is 11.8 Å². The number of benzene rings is 2. The average molecular weight is 337 g/mol. The third-order valence-corrected chi connectivity index (χ3v) is 3.60. The number of hydrogen-bond acceptors (Lipinski definition) is 2. The molecule has 0 aliphatic rings. The Bertz CT molecular complexity index is 891. The van der Waals surface area contributed by atoms with Crippen LogP contribution in [0, 0.1) is 17.5 Å². The van der Waals surface area contributed by atoms with Gasteiger partial charge in [0.25, 0.3) is 0 Å². The van der Waals surface area contributed by atoms with Crippen molar-refractivity contribution in [3.63, 3.8) is 0 Å². The number of carbonyl (C=O) groups excluding carboxylic acids is 1. The fourth-order valence-corrected chi connectivity index (χ4v) is 2.41. The Morgan fingerprint density at radius 3 is 2.30 bits per heavy atom. The largest absolute Gasteiger partial charge is 0.298 e. The molecular weight excluding hydrogens is 329 g/mol. The van der Waals surface area contributed by atoms with E-state index in [1.54, 1.807) is 0 Å². The summed E-state index contributed by atoms with van der Waals surface area (Å²) >= 11 is 6.08. The first-order valence-electron chi connectivity index (χ1n) is 6.46. The lowest BCUT2D eigenvalue weighted by Gasteiger charge is -2.04. The molecule has 7 heteroatoms. The summed E-state index contributed by atoms with van der Waals surface area (Å²) in [5.74, 6) is -1.88. The van der Waals surface area contributed by atoms with Crippen molar-refractivity contribution in [3.05, 3.63) is 70.6 Å². The molecule has 0 aliphatic heterocycles. The normalized spacial score (nSPS) is 10.8. The molecule has 2 aromatic carbocycles. The number of aromatic nitrogens is 2. The Hall–Kier alpha value is -2.60. The zero-order valence-corrected chi connectivity index (χ0v) is 12.2. The summed E-state index contributed by atoms with van der Waals surface area (Å²) < 4.78 is 41.2. The van der Waals surface area contributed by atoms with E-state index in [9.17, 15) is 18.0 Å². The number of hydrogen-bond donors (Lipinski definition) is 0. The van der Waals surface area contributed by atoms with Gasteiger partial charge >= 0.3 is 0 Å². The molecule has 0 atom stereocenters. The van der Waals surface area contributed by atoms with Gasteiger partial charge in [-0.05, 0) is 36.4 Å². The van der Waals surface area contributed by atoms with Gasteiger partial charge in [-0.1, -0.05) is 11.6 Å². The lowest BCUT2D eigenvalue weighted by molar-refractivity contribution is 0.112. The molecule has 0 fully saturated rings.